The number of aromatic nitrogens is 2. The van der Waals surface area contributed by atoms with E-state index in [4.69, 9.17) is 4.98 Å². The standard InChI is InChI=1S/C41H47FN4/c1-7-34-25-32(17-19-43-34)40-38(42)14-15-39(44-40)30(4)36-13-12-35(24-29(36)3)46-22-20-45(21-23-46)27-33-16-18-41(5,6)26-37(33)31-10-8-28(2)9-11-31/h8-15,17,19,24-25H,4,7,16,18,20-23,26-27H2,1-3,5-6H3. The minimum Gasteiger partial charge on any atom is -0.369 e. The maximum Gasteiger partial charge on any atom is 0.149 e. The quantitative estimate of drug-likeness (QED) is 0.198. The summed E-state index contributed by atoms with van der Waals surface area (Å²) in [5.74, 6) is -0.342. The second-order valence-electron chi connectivity index (χ2n) is 13.9. The van der Waals surface area contributed by atoms with Gasteiger partial charge in [-0.25, -0.2) is 9.37 Å². The van der Waals surface area contributed by atoms with E-state index in [9.17, 15) is 4.39 Å². The number of piperazine rings is 1. The lowest BCUT2D eigenvalue weighted by Crippen LogP contribution is -2.47. The summed E-state index contributed by atoms with van der Waals surface area (Å²) in [6.45, 7) is 20.7. The minimum atomic E-state index is -0.342. The first-order chi connectivity index (χ1) is 22.1. The molecule has 2 aromatic carbocycles. The van der Waals surface area contributed by atoms with E-state index in [1.165, 1.54) is 35.7 Å². The molecule has 4 nitrogen and oxygen atoms in total. The Balaban J connectivity index is 1.13. The molecule has 3 heterocycles. The molecule has 0 spiro atoms. The molecule has 1 saturated heterocycles. The third-order valence-electron chi connectivity index (χ3n) is 9.88. The third-order valence-corrected chi connectivity index (χ3v) is 9.88. The molecule has 4 aromatic rings. The van der Waals surface area contributed by atoms with Crippen LogP contribution in [0.25, 0.3) is 22.4 Å². The number of allylic oxidation sites excluding steroid dienone is 1. The molecule has 0 amide bonds. The van der Waals surface area contributed by atoms with Gasteiger partial charge in [0.25, 0.3) is 0 Å². The van der Waals surface area contributed by atoms with E-state index >= 15 is 0 Å². The van der Waals surface area contributed by atoms with Gasteiger partial charge in [0.2, 0.25) is 0 Å². The fourth-order valence-electron chi connectivity index (χ4n) is 6.95. The molecular weight excluding hydrogens is 567 g/mol. The summed E-state index contributed by atoms with van der Waals surface area (Å²) in [6, 6.07) is 22.7. The highest BCUT2D eigenvalue weighted by Crippen LogP contribution is 2.43. The molecule has 1 aliphatic heterocycles. The van der Waals surface area contributed by atoms with E-state index in [1.54, 1.807) is 23.4 Å². The summed E-state index contributed by atoms with van der Waals surface area (Å²) in [6.07, 6.45) is 6.10. The zero-order valence-electron chi connectivity index (χ0n) is 28.2. The number of nitrogens with zero attached hydrogens (tertiary/aromatic N) is 4. The smallest absolute Gasteiger partial charge is 0.149 e. The molecule has 0 atom stereocenters. The maximum atomic E-state index is 14.9. The van der Waals surface area contributed by atoms with Gasteiger partial charge in [0, 0.05) is 61.4 Å². The second kappa shape index (κ2) is 13.3. The third kappa shape index (κ3) is 7.00. The van der Waals surface area contributed by atoms with Crippen molar-refractivity contribution in [1.82, 2.24) is 14.9 Å². The lowest BCUT2D eigenvalue weighted by atomic mass is 9.72. The Hall–Kier alpha value is -4.09. The van der Waals surface area contributed by atoms with Crippen molar-refractivity contribution in [2.24, 2.45) is 5.41 Å². The van der Waals surface area contributed by atoms with E-state index in [0.717, 1.165) is 73.5 Å². The Morgan fingerprint density at radius 1 is 0.913 bits per heavy atom. The molecule has 0 radical (unpaired) electrons. The average molecular weight is 615 g/mol. The molecule has 46 heavy (non-hydrogen) atoms. The fraction of sp³-hybridized carbons (Fsp3) is 0.366. The van der Waals surface area contributed by atoms with Crippen LogP contribution in [0.3, 0.4) is 0 Å². The highest BCUT2D eigenvalue weighted by atomic mass is 19.1. The summed E-state index contributed by atoms with van der Waals surface area (Å²) in [5.41, 5.74) is 13.2. The van der Waals surface area contributed by atoms with Crippen molar-refractivity contribution in [3.8, 4) is 11.3 Å². The molecule has 6 rings (SSSR count). The highest BCUT2D eigenvalue weighted by molar-refractivity contribution is 5.80. The number of pyridine rings is 2. The van der Waals surface area contributed by atoms with Crippen molar-refractivity contribution >= 4 is 16.8 Å². The summed E-state index contributed by atoms with van der Waals surface area (Å²) in [4.78, 5) is 14.2. The van der Waals surface area contributed by atoms with E-state index in [-0.39, 0.29) is 5.82 Å². The van der Waals surface area contributed by atoms with Crippen LogP contribution in [0, 0.1) is 25.1 Å². The van der Waals surface area contributed by atoms with Crippen LogP contribution in [0.1, 0.15) is 73.7 Å². The highest BCUT2D eigenvalue weighted by Gasteiger charge is 2.29. The van der Waals surface area contributed by atoms with Crippen molar-refractivity contribution < 1.29 is 4.39 Å². The van der Waals surface area contributed by atoms with Crippen molar-refractivity contribution in [2.75, 3.05) is 37.6 Å². The first-order valence-electron chi connectivity index (χ1n) is 16.8. The lowest BCUT2D eigenvalue weighted by Gasteiger charge is -2.39. The first-order valence-corrected chi connectivity index (χ1v) is 16.8. The molecule has 2 aromatic heterocycles. The number of rotatable bonds is 8. The van der Waals surface area contributed by atoms with Crippen LogP contribution in [-0.4, -0.2) is 47.6 Å². The maximum absolute atomic E-state index is 14.9. The largest absolute Gasteiger partial charge is 0.369 e. The van der Waals surface area contributed by atoms with Crippen LogP contribution in [0.4, 0.5) is 10.1 Å². The van der Waals surface area contributed by atoms with Gasteiger partial charge in [-0.15, -0.1) is 0 Å². The molecule has 238 valence electrons. The van der Waals surface area contributed by atoms with Gasteiger partial charge in [0.05, 0.1) is 5.69 Å². The molecule has 1 aliphatic carbocycles. The van der Waals surface area contributed by atoms with Gasteiger partial charge >= 0.3 is 0 Å². The van der Waals surface area contributed by atoms with Gasteiger partial charge in [0.1, 0.15) is 11.5 Å². The normalized spacial score (nSPS) is 17.0. The number of benzene rings is 2. The topological polar surface area (TPSA) is 32.3 Å². The van der Waals surface area contributed by atoms with Gasteiger partial charge in [-0.3, -0.25) is 9.88 Å². The zero-order valence-corrected chi connectivity index (χ0v) is 28.2. The first kappa shape index (κ1) is 31.9. The summed E-state index contributed by atoms with van der Waals surface area (Å²) < 4.78 is 14.9. The number of hydrogen-bond acceptors (Lipinski definition) is 4. The van der Waals surface area contributed by atoms with Crippen LogP contribution in [-0.2, 0) is 6.42 Å². The monoisotopic (exact) mass is 614 g/mol. The minimum absolute atomic E-state index is 0.335. The van der Waals surface area contributed by atoms with Crippen LogP contribution < -0.4 is 4.90 Å². The van der Waals surface area contributed by atoms with Crippen molar-refractivity contribution in [3.63, 3.8) is 0 Å². The molecular formula is C41H47FN4. The van der Waals surface area contributed by atoms with Crippen molar-refractivity contribution in [1.29, 1.82) is 0 Å². The van der Waals surface area contributed by atoms with Crippen LogP contribution in [0.2, 0.25) is 0 Å². The summed E-state index contributed by atoms with van der Waals surface area (Å²) in [5, 5.41) is 0. The number of aryl methyl sites for hydroxylation is 3. The Labute approximate surface area is 274 Å². The van der Waals surface area contributed by atoms with E-state index in [0.29, 0.717) is 16.8 Å². The van der Waals surface area contributed by atoms with Crippen LogP contribution >= 0.6 is 0 Å². The Kier molecular flexibility index (Phi) is 9.24. The summed E-state index contributed by atoms with van der Waals surface area (Å²) >= 11 is 0. The lowest BCUT2D eigenvalue weighted by molar-refractivity contribution is 0.264. The molecule has 1 fully saturated rings. The molecule has 0 bridgehead atoms. The van der Waals surface area contributed by atoms with Crippen LogP contribution in [0.5, 0.6) is 0 Å². The van der Waals surface area contributed by atoms with Crippen LogP contribution in [0.15, 0.2) is 85.1 Å². The van der Waals surface area contributed by atoms with E-state index < -0.39 is 0 Å². The Morgan fingerprint density at radius 3 is 2.39 bits per heavy atom. The average Bonchev–Trinajstić information content (AvgIpc) is 3.06. The SMILES string of the molecule is C=C(c1ccc(F)c(-c2ccnc(CC)c2)n1)c1ccc(N2CCN(CC3=C(c4ccc(C)cc4)CC(C)(C)CC3)CC2)cc1C. The van der Waals surface area contributed by atoms with Gasteiger partial charge < -0.3 is 4.90 Å². The fourth-order valence-corrected chi connectivity index (χ4v) is 6.95. The molecule has 0 N–H and O–H groups in total. The van der Waals surface area contributed by atoms with Crippen molar-refractivity contribution in [2.45, 2.75) is 60.3 Å². The number of halogens is 1. The van der Waals surface area contributed by atoms with E-state index in [2.05, 4.69) is 91.5 Å². The Bertz CT molecular complexity index is 1760. The number of anilines is 1. The summed E-state index contributed by atoms with van der Waals surface area (Å²) in [7, 11) is 0. The van der Waals surface area contributed by atoms with Crippen molar-refractivity contribution in [3.05, 3.63) is 125 Å². The van der Waals surface area contributed by atoms with Gasteiger partial charge in [0.15, 0.2) is 0 Å². The molecule has 2 aliphatic rings. The van der Waals surface area contributed by atoms with Gasteiger partial charge in [-0.2, -0.15) is 0 Å². The van der Waals surface area contributed by atoms with Gasteiger partial charge in [-0.1, -0.05) is 68.8 Å². The van der Waals surface area contributed by atoms with Gasteiger partial charge in [-0.05, 0) is 104 Å². The van der Waals surface area contributed by atoms with E-state index in [1.807, 2.05) is 19.1 Å². The zero-order chi connectivity index (χ0) is 32.4. The molecule has 0 saturated carbocycles. The Morgan fingerprint density at radius 2 is 1.67 bits per heavy atom. The second-order valence-corrected chi connectivity index (χ2v) is 13.9. The predicted octanol–water partition coefficient (Wildman–Crippen LogP) is 9.31. The number of hydrogen-bond donors (Lipinski definition) is 0. The molecule has 5 heteroatoms. The predicted molar refractivity (Wildman–Crippen MR) is 191 cm³/mol. The molecule has 0 unspecified atom stereocenters.